The lowest BCUT2D eigenvalue weighted by atomic mass is 10.0. The minimum atomic E-state index is -2.09. The highest BCUT2D eigenvalue weighted by molar-refractivity contribution is 6.74. The van der Waals surface area contributed by atoms with Crippen LogP contribution in [-0.4, -0.2) is 26.0 Å². The lowest BCUT2D eigenvalue weighted by Crippen LogP contribution is -2.43. The van der Waals surface area contributed by atoms with Gasteiger partial charge in [0.25, 0.3) is 0 Å². The second kappa shape index (κ2) is 8.02. The van der Waals surface area contributed by atoms with Gasteiger partial charge in [-0.15, -0.1) is 0 Å². The molecule has 1 aliphatic rings. The van der Waals surface area contributed by atoms with E-state index in [-0.39, 0.29) is 28.9 Å². The third-order valence-corrected chi connectivity index (χ3v) is 10.4. The molecule has 162 valence electrons. The number of halogens is 2. The van der Waals surface area contributed by atoms with Crippen LogP contribution in [0.25, 0.3) is 11.1 Å². The molecule has 2 atom stereocenters. The molecule has 0 radical (unpaired) electrons. The minimum Gasteiger partial charge on any atom is -0.543 e. The van der Waals surface area contributed by atoms with Gasteiger partial charge in [-0.2, -0.15) is 0 Å². The number of carbonyl (C=O) groups is 1. The fourth-order valence-corrected chi connectivity index (χ4v) is 3.98. The number of rotatable bonds is 7. The number of hydrogen-bond acceptors (Lipinski definition) is 3. The van der Waals surface area contributed by atoms with Gasteiger partial charge in [0.15, 0.2) is 11.6 Å². The largest absolute Gasteiger partial charge is 0.543 e. The quantitative estimate of drug-likeness (QED) is 0.534. The molecule has 4 nitrogen and oxygen atoms in total. The summed E-state index contributed by atoms with van der Waals surface area (Å²) < 4.78 is 40.7. The second-order valence-electron chi connectivity index (χ2n) is 9.40. The maximum absolute atomic E-state index is 14.5. The lowest BCUT2D eigenvalue weighted by Gasteiger charge is -2.36. The zero-order valence-electron chi connectivity index (χ0n) is 18.0. The van der Waals surface area contributed by atoms with Crippen molar-refractivity contribution in [3.8, 4) is 22.6 Å². The number of carboxylic acids is 1. The summed E-state index contributed by atoms with van der Waals surface area (Å²) in [6.45, 7) is 10.7. The molecule has 1 saturated carbocycles. The zero-order valence-corrected chi connectivity index (χ0v) is 19.0. The number of ether oxygens (including phenoxy) is 1. The summed E-state index contributed by atoms with van der Waals surface area (Å²) in [6, 6.07) is 8.80. The molecule has 0 spiro atoms. The molecule has 1 N–H and O–H groups in total. The summed E-state index contributed by atoms with van der Waals surface area (Å²) in [5.41, 5.74) is 0.637. The Balaban J connectivity index is 1.77. The van der Waals surface area contributed by atoms with Crippen molar-refractivity contribution in [2.45, 2.75) is 45.3 Å². The maximum atomic E-state index is 14.5. The Bertz CT molecular complexity index is 953. The van der Waals surface area contributed by atoms with Gasteiger partial charge in [0, 0.05) is 11.5 Å². The third-order valence-electron chi connectivity index (χ3n) is 6.05. The molecule has 3 rings (SSSR count). The van der Waals surface area contributed by atoms with Gasteiger partial charge in [0.2, 0.25) is 8.32 Å². The molecule has 0 bridgehead atoms. The van der Waals surface area contributed by atoms with Crippen LogP contribution in [0, 0.1) is 23.5 Å². The van der Waals surface area contributed by atoms with Crippen LogP contribution in [0.3, 0.4) is 0 Å². The maximum Gasteiger partial charge on any atom is 0.306 e. The van der Waals surface area contributed by atoms with E-state index in [0.717, 1.165) is 0 Å². The average Bonchev–Trinajstić information content (AvgIpc) is 3.41. The Kier molecular flexibility index (Phi) is 5.96. The molecule has 2 aromatic carbocycles. The molecule has 0 saturated heterocycles. The summed E-state index contributed by atoms with van der Waals surface area (Å²) in [7, 11) is -2.09. The molecule has 0 heterocycles. The van der Waals surface area contributed by atoms with Gasteiger partial charge < -0.3 is 14.3 Å². The van der Waals surface area contributed by atoms with Gasteiger partial charge in [0.1, 0.15) is 11.6 Å². The monoisotopic (exact) mass is 434 g/mol. The number of carboxylic acid groups (broad SMARTS) is 1. The van der Waals surface area contributed by atoms with Crippen LogP contribution in [0.5, 0.6) is 11.5 Å². The first-order chi connectivity index (χ1) is 13.9. The smallest absolute Gasteiger partial charge is 0.306 e. The zero-order chi connectivity index (χ0) is 22.3. The predicted molar refractivity (Wildman–Crippen MR) is 114 cm³/mol. The van der Waals surface area contributed by atoms with Crippen LogP contribution in [0.15, 0.2) is 36.4 Å². The van der Waals surface area contributed by atoms with E-state index >= 15 is 0 Å². The van der Waals surface area contributed by atoms with Crippen LogP contribution >= 0.6 is 0 Å². The van der Waals surface area contributed by atoms with Crippen LogP contribution in [0.2, 0.25) is 18.1 Å². The number of hydrogen-bond donors (Lipinski definition) is 1. The molecule has 0 amide bonds. The van der Waals surface area contributed by atoms with Crippen molar-refractivity contribution >= 4 is 14.3 Å². The molecule has 0 aliphatic heterocycles. The van der Waals surface area contributed by atoms with E-state index in [1.165, 1.54) is 18.2 Å². The Morgan fingerprint density at radius 2 is 1.83 bits per heavy atom. The first-order valence-electron chi connectivity index (χ1n) is 10.0. The molecule has 2 aromatic rings. The molecule has 0 aromatic heterocycles. The summed E-state index contributed by atoms with van der Waals surface area (Å²) >= 11 is 0. The standard InChI is InChI=1S/C23H28F2O4Si/c1-23(2,3)30(4,5)29-16-7-8-19(24)17(12-16)14-6-9-21(20(25)11-14)28-13-15-10-18(15)22(26)27/h6-9,11-12,15,18H,10,13H2,1-5H3,(H,26,27). The van der Waals surface area contributed by atoms with E-state index in [1.807, 2.05) is 0 Å². The topological polar surface area (TPSA) is 55.8 Å². The number of aliphatic carboxylic acids is 1. The van der Waals surface area contributed by atoms with Crippen molar-refractivity contribution in [3.63, 3.8) is 0 Å². The minimum absolute atomic E-state index is 0.00610. The summed E-state index contributed by atoms with van der Waals surface area (Å²) in [5, 5.41) is 8.92. The highest BCUT2D eigenvalue weighted by atomic mass is 28.4. The highest BCUT2D eigenvalue weighted by Crippen LogP contribution is 2.40. The van der Waals surface area contributed by atoms with Crippen LogP contribution in [-0.2, 0) is 4.79 Å². The Labute approximate surface area is 177 Å². The highest BCUT2D eigenvalue weighted by Gasteiger charge is 2.43. The summed E-state index contributed by atoms with van der Waals surface area (Å²) in [5.74, 6) is -1.85. The van der Waals surface area contributed by atoms with Crippen LogP contribution in [0.1, 0.15) is 27.2 Å². The van der Waals surface area contributed by atoms with E-state index in [4.69, 9.17) is 14.3 Å². The molecular formula is C23H28F2O4Si. The van der Waals surface area contributed by atoms with Crippen LogP contribution in [0.4, 0.5) is 8.78 Å². The van der Waals surface area contributed by atoms with Gasteiger partial charge in [-0.3, -0.25) is 4.79 Å². The SMILES string of the molecule is CC(C)(C)[Si](C)(C)Oc1ccc(F)c(-c2ccc(OCC3CC3C(=O)O)c(F)c2)c1. The fraction of sp³-hybridized carbons (Fsp3) is 0.435. The van der Waals surface area contributed by atoms with Crippen molar-refractivity contribution < 1.29 is 27.8 Å². The Morgan fingerprint density at radius 1 is 1.13 bits per heavy atom. The number of benzene rings is 2. The van der Waals surface area contributed by atoms with Gasteiger partial charge >= 0.3 is 5.97 Å². The molecule has 30 heavy (non-hydrogen) atoms. The average molecular weight is 435 g/mol. The normalized spacial score (nSPS) is 18.8. The second-order valence-corrected chi connectivity index (χ2v) is 14.1. The Morgan fingerprint density at radius 3 is 2.40 bits per heavy atom. The van der Waals surface area contributed by atoms with E-state index in [2.05, 4.69) is 33.9 Å². The molecule has 2 unspecified atom stereocenters. The summed E-state index contributed by atoms with van der Waals surface area (Å²) in [6.07, 6.45) is 0.543. The van der Waals surface area contributed by atoms with Crippen molar-refractivity contribution in [2.24, 2.45) is 11.8 Å². The molecule has 1 fully saturated rings. The molecule has 7 heteroatoms. The first kappa shape index (κ1) is 22.3. The predicted octanol–water partition coefficient (Wildman–Crippen LogP) is 6.12. The lowest BCUT2D eigenvalue weighted by molar-refractivity contribution is -0.138. The fourth-order valence-electron chi connectivity index (χ4n) is 2.95. The molecule has 1 aliphatic carbocycles. The van der Waals surface area contributed by atoms with Crippen molar-refractivity contribution in [1.82, 2.24) is 0 Å². The van der Waals surface area contributed by atoms with Gasteiger partial charge in [-0.1, -0.05) is 26.8 Å². The Hall–Kier alpha value is -2.41. The van der Waals surface area contributed by atoms with E-state index in [1.54, 1.807) is 18.2 Å². The van der Waals surface area contributed by atoms with Gasteiger partial charge in [0.05, 0.1) is 12.5 Å². The van der Waals surface area contributed by atoms with Crippen molar-refractivity contribution in [3.05, 3.63) is 48.0 Å². The third kappa shape index (κ3) is 4.83. The van der Waals surface area contributed by atoms with E-state index < -0.39 is 31.8 Å². The van der Waals surface area contributed by atoms with Crippen molar-refractivity contribution in [1.29, 1.82) is 0 Å². The van der Waals surface area contributed by atoms with E-state index in [9.17, 15) is 13.6 Å². The van der Waals surface area contributed by atoms with Crippen LogP contribution < -0.4 is 9.16 Å². The van der Waals surface area contributed by atoms with Gasteiger partial charge in [-0.25, -0.2) is 8.78 Å². The van der Waals surface area contributed by atoms with E-state index in [0.29, 0.717) is 17.7 Å². The summed E-state index contributed by atoms with van der Waals surface area (Å²) in [4.78, 5) is 10.9. The molecular weight excluding hydrogens is 406 g/mol. The van der Waals surface area contributed by atoms with Gasteiger partial charge in [-0.05, 0) is 60.4 Å². The first-order valence-corrected chi connectivity index (χ1v) is 12.9. The van der Waals surface area contributed by atoms with Crippen molar-refractivity contribution in [2.75, 3.05) is 6.61 Å².